The topological polar surface area (TPSA) is 47.6 Å². The molecule has 24 heavy (non-hydrogen) atoms. The number of rotatable bonds is 8. The molecule has 2 rings (SSSR count). The van der Waals surface area contributed by atoms with Crippen LogP contribution in [0, 0.1) is 11.3 Å². The molecule has 1 fully saturated rings. The first kappa shape index (κ1) is 19.7. The molecule has 0 saturated heterocycles. The smallest absolute Gasteiger partial charge is 0.308 e. The lowest BCUT2D eigenvalue weighted by atomic mass is 9.89. The minimum absolute atomic E-state index is 0.0350. The average molecular weight is 353 g/mol. The van der Waals surface area contributed by atoms with Gasteiger partial charge >= 0.3 is 7.60 Å². The molecule has 0 aliphatic heterocycles. The zero-order valence-corrected chi connectivity index (χ0v) is 16.7. The van der Waals surface area contributed by atoms with Gasteiger partial charge in [-0.15, -0.1) is 0 Å². The maximum absolute atomic E-state index is 13.6. The summed E-state index contributed by atoms with van der Waals surface area (Å²) in [6, 6.07) is 10.3. The maximum atomic E-state index is 13.6. The van der Waals surface area contributed by atoms with Gasteiger partial charge in [-0.25, -0.2) is 0 Å². The molecule has 1 aromatic rings. The van der Waals surface area contributed by atoms with Crippen LogP contribution in [0.15, 0.2) is 30.3 Å². The number of hydrogen-bond acceptors (Lipinski definition) is 4. The number of nitrogens with one attached hydrogen (secondary N) is 1. The lowest BCUT2D eigenvalue weighted by Gasteiger charge is -2.34. The van der Waals surface area contributed by atoms with E-state index in [0.29, 0.717) is 13.2 Å². The molecule has 1 saturated carbocycles. The Balaban J connectivity index is 2.34. The van der Waals surface area contributed by atoms with Gasteiger partial charge in [0.15, 0.2) is 0 Å². The number of benzene rings is 1. The van der Waals surface area contributed by atoms with E-state index < -0.39 is 12.9 Å². The summed E-state index contributed by atoms with van der Waals surface area (Å²) < 4.78 is 25.1. The minimum Gasteiger partial charge on any atom is -0.308 e. The summed E-state index contributed by atoms with van der Waals surface area (Å²) in [4.78, 5) is 0. The van der Waals surface area contributed by atoms with Gasteiger partial charge in [-0.1, -0.05) is 51.1 Å². The standard InChI is InChI=1S/C19H32NO3P/c1-7-22-24(21,23-8-2)19(14-17(19)18(4,5)6)20-15(3)16-12-10-9-11-13-16/h9-13,15,17,20H,7-8,14H2,1-6H3/t15-,17+,19-/m0/s1. The molecular formula is C19H32NO3P. The molecule has 0 heterocycles. The molecule has 0 bridgehead atoms. The molecule has 1 aliphatic rings. The normalized spacial score (nSPS) is 25.5. The van der Waals surface area contributed by atoms with Crippen molar-refractivity contribution in [1.82, 2.24) is 5.32 Å². The van der Waals surface area contributed by atoms with Gasteiger partial charge in [0, 0.05) is 6.04 Å². The summed E-state index contributed by atoms with van der Waals surface area (Å²) in [5.74, 6) is 0.250. The van der Waals surface area contributed by atoms with E-state index in [1.807, 2.05) is 32.0 Å². The first-order valence-electron chi connectivity index (χ1n) is 8.92. The highest BCUT2D eigenvalue weighted by molar-refractivity contribution is 7.56. The molecule has 0 spiro atoms. The van der Waals surface area contributed by atoms with Crippen molar-refractivity contribution in [3.8, 4) is 0 Å². The largest absolute Gasteiger partial charge is 0.350 e. The van der Waals surface area contributed by atoms with E-state index in [-0.39, 0.29) is 17.4 Å². The third kappa shape index (κ3) is 3.77. The Morgan fingerprint density at radius 2 is 1.75 bits per heavy atom. The van der Waals surface area contributed by atoms with Crippen molar-refractivity contribution in [3.63, 3.8) is 0 Å². The fourth-order valence-electron chi connectivity index (χ4n) is 3.62. The second-order valence-corrected chi connectivity index (χ2v) is 9.97. The van der Waals surface area contributed by atoms with Gasteiger partial charge < -0.3 is 9.05 Å². The van der Waals surface area contributed by atoms with Crippen LogP contribution in [-0.2, 0) is 13.6 Å². The van der Waals surface area contributed by atoms with Crippen molar-refractivity contribution in [1.29, 1.82) is 0 Å². The van der Waals surface area contributed by atoms with Crippen LogP contribution < -0.4 is 5.32 Å². The first-order valence-corrected chi connectivity index (χ1v) is 10.5. The van der Waals surface area contributed by atoms with Crippen molar-refractivity contribution < 1.29 is 13.6 Å². The summed E-state index contributed by atoms with van der Waals surface area (Å²) in [6.45, 7) is 13.2. The number of hydrogen-bond donors (Lipinski definition) is 1. The van der Waals surface area contributed by atoms with E-state index in [9.17, 15) is 4.57 Å². The maximum Gasteiger partial charge on any atom is 0.350 e. The third-order valence-corrected chi connectivity index (χ3v) is 7.63. The summed E-state index contributed by atoms with van der Waals surface area (Å²) >= 11 is 0. The molecule has 1 N–H and O–H groups in total. The van der Waals surface area contributed by atoms with Crippen LogP contribution in [0.25, 0.3) is 0 Å². The first-order chi connectivity index (χ1) is 11.2. The Kier molecular flexibility index (Phi) is 5.97. The summed E-state index contributed by atoms with van der Waals surface area (Å²) in [5, 5.41) is 3.03. The Morgan fingerprint density at radius 3 is 2.17 bits per heavy atom. The van der Waals surface area contributed by atoms with E-state index in [4.69, 9.17) is 9.05 Å². The highest BCUT2D eigenvalue weighted by atomic mass is 31.2. The van der Waals surface area contributed by atoms with Gasteiger partial charge in [0.2, 0.25) is 0 Å². The lowest BCUT2D eigenvalue weighted by Crippen LogP contribution is -2.39. The van der Waals surface area contributed by atoms with Gasteiger partial charge in [-0.3, -0.25) is 9.88 Å². The molecule has 3 atom stereocenters. The van der Waals surface area contributed by atoms with Gasteiger partial charge in [0.25, 0.3) is 0 Å². The Hall–Kier alpha value is -0.670. The van der Waals surface area contributed by atoms with Crippen LogP contribution in [0.1, 0.15) is 59.6 Å². The molecule has 0 amide bonds. The monoisotopic (exact) mass is 353 g/mol. The molecule has 0 radical (unpaired) electrons. The van der Waals surface area contributed by atoms with E-state index >= 15 is 0 Å². The Bertz CT molecular complexity index is 574. The van der Waals surface area contributed by atoms with Crippen molar-refractivity contribution in [2.45, 2.75) is 59.3 Å². The Morgan fingerprint density at radius 1 is 1.21 bits per heavy atom. The third-order valence-electron chi connectivity index (χ3n) is 4.83. The summed E-state index contributed by atoms with van der Waals surface area (Å²) in [5.41, 5.74) is 1.21. The van der Waals surface area contributed by atoms with Gasteiger partial charge in [-0.05, 0) is 44.1 Å². The quantitative estimate of drug-likeness (QED) is 0.639. The molecule has 0 aromatic heterocycles. The van der Waals surface area contributed by atoms with Crippen LogP contribution in [-0.4, -0.2) is 18.5 Å². The van der Waals surface area contributed by atoms with Gasteiger partial charge in [0.1, 0.15) is 5.28 Å². The van der Waals surface area contributed by atoms with Crippen molar-refractivity contribution >= 4 is 7.60 Å². The van der Waals surface area contributed by atoms with Gasteiger partial charge in [-0.2, -0.15) is 0 Å². The van der Waals surface area contributed by atoms with Crippen molar-refractivity contribution in [2.24, 2.45) is 11.3 Å². The second-order valence-electron chi connectivity index (χ2n) is 7.66. The van der Waals surface area contributed by atoms with E-state index in [2.05, 4.69) is 45.1 Å². The molecule has 1 aliphatic carbocycles. The van der Waals surface area contributed by atoms with Crippen LogP contribution in [0.4, 0.5) is 0 Å². The van der Waals surface area contributed by atoms with E-state index in [1.54, 1.807) is 0 Å². The minimum atomic E-state index is -3.25. The fourth-order valence-corrected chi connectivity index (χ4v) is 6.37. The van der Waals surface area contributed by atoms with Crippen LogP contribution in [0.2, 0.25) is 0 Å². The van der Waals surface area contributed by atoms with E-state index in [1.165, 1.54) is 5.56 Å². The summed E-state index contributed by atoms with van der Waals surface area (Å²) in [7, 11) is -3.25. The molecule has 0 unspecified atom stereocenters. The fraction of sp³-hybridized carbons (Fsp3) is 0.684. The highest BCUT2D eigenvalue weighted by Gasteiger charge is 2.71. The molecule has 1 aromatic carbocycles. The molecule has 5 heteroatoms. The van der Waals surface area contributed by atoms with Crippen molar-refractivity contribution in [2.75, 3.05) is 13.2 Å². The van der Waals surface area contributed by atoms with E-state index in [0.717, 1.165) is 6.42 Å². The highest BCUT2D eigenvalue weighted by Crippen LogP contribution is 2.76. The summed E-state index contributed by atoms with van der Waals surface area (Å²) in [6.07, 6.45) is 0.810. The van der Waals surface area contributed by atoms with Crippen LogP contribution in [0.5, 0.6) is 0 Å². The zero-order valence-electron chi connectivity index (χ0n) is 15.8. The Labute approximate surface area is 146 Å². The van der Waals surface area contributed by atoms with Crippen LogP contribution in [0.3, 0.4) is 0 Å². The van der Waals surface area contributed by atoms with Gasteiger partial charge in [0.05, 0.1) is 13.2 Å². The SMILES string of the molecule is CCOP(=O)(OCC)[C@@]1(N[C@@H](C)c2ccccc2)C[C@@H]1C(C)(C)C. The van der Waals surface area contributed by atoms with Crippen LogP contribution >= 0.6 is 7.60 Å². The molecule has 136 valence electrons. The zero-order chi connectivity index (χ0) is 18.0. The molecular weight excluding hydrogens is 321 g/mol. The predicted molar refractivity (Wildman–Crippen MR) is 99.1 cm³/mol. The second kappa shape index (κ2) is 7.29. The average Bonchev–Trinajstić information content (AvgIpc) is 3.25. The van der Waals surface area contributed by atoms with Crippen molar-refractivity contribution in [3.05, 3.63) is 35.9 Å². The molecule has 4 nitrogen and oxygen atoms in total. The predicted octanol–water partition coefficient (Wildman–Crippen LogP) is 5.37. The lowest BCUT2D eigenvalue weighted by molar-refractivity contribution is 0.190.